The van der Waals surface area contributed by atoms with E-state index in [9.17, 15) is 4.39 Å². The zero-order valence-corrected chi connectivity index (χ0v) is 10.1. The Bertz CT molecular complexity index is 560. The van der Waals surface area contributed by atoms with Crippen molar-refractivity contribution in [2.24, 2.45) is 0 Å². The quantitative estimate of drug-likeness (QED) is 0.872. The number of rotatable bonds is 2. The molecule has 2 rings (SSSR count). The highest BCUT2D eigenvalue weighted by atomic mass is 35.5. The molecule has 0 aliphatic carbocycles. The molecule has 0 aliphatic rings. The minimum Gasteiger partial charge on any atom is -0.397 e. The van der Waals surface area contributed by atoms with Crippen molar-refractivity contribution >= 4 is 40.4 Å². The Balaban J connectivity index is 2.35. The largest absolute Gasteiger partial charge is 0.397 e. The van der Waals surface area contributed by atoms with Gasteiger partial charge >= 0.3 is 0 Å². The lowest BCUT2D eigenvalue weighted by molar-refractivity contribution is 0.632. The van der Waals surface area contributed by atoms with Crippen molar-refractivity contribution in [3.63, 3.8) is 0 Å². The number of pyridine rings is 1. The molecule has 0 aliphatic heterocycles. The lowest BCUT2D eigenvalue weighted by atomic mass is 10.3. The Kier molecular flexibility index (Phi) is 3.36. The van der Waals surface area contributed by atoms with Gasteiger partial charge in [0.1, 0.15) is 5.82 Å². The molecule has 6 heteroatoms. The van der Waals surface area contributed by atoms with Gasteiger partial charge in [-0.2, -0.15) is 0 Å². The standard InChI is InChI=1S/C11H8Cl2FN3/c12-7-2-1-3-9(10(7)14)17-11-8(13)4-6(15)5-16-11/h1-5H,15H2,(H,16,17). The number of aromatic nitrogens is 1. The third-order valence-electron chi connectivity index (χ3n) is 2.07. The summed E-state index contributed by atoms with van der Waals surface area (Å²) in [7, 11) is 0. The maximum absolute atomic E-state index is 13.6. The van der Waals surface area contributed by atoms with Crippen molar-refractivity contribution in [1.29, 1.82) is 0 Å². The van der Waals surface area contributed by atoms with Gasteiger partial charge in [0.25, 0.3) is 0 Å². The molecule has 0 saturated heterocycles. The number of nitrogens with one attached hydrogen (secondary N) is 1. The molecule has 1 aromatic carbocycles. The van der Waals surface area contributed by atoms with Crippen molar-refractivity contribution in [2.45, 2.75) is 0 Å². The number of anilines is 3. The van der Waals surface area contributed by atoms with Gasteiger partial charge < -0.3 is 11.1 Å². The van der Waals surface area contributed by atoms with Gasteiger partial charge in [-0.3, -0.25) is 0 Å². The first-order valence-electron chi connectivity index (χ1n) is 4.70. The fourth-order valence-electron chi connectivity index (χ4n) is 1.27. The van der Waals surface area contributed by atoms with Crippen LogP contribution in [0, 0.1) is 5.82 Å². The van der Waals surface area contributed by atoms with Crippen LogP contribution in [0.25, 0.3) is 0 Å². The van der Waals surface area contributed by atoms with Gasteiger partial charge in [0, 0.05) is 0 Å². The minimum atomic E-state index is -0.552. The summed E-state index contributed by atoms with van der Waals surface area (Å²) in [5.41, 5.74) is 6.15. The molecule has 0 saturated carbocycles. The predicted molar refractivity (Wildman–Crippen MR) is 68.4 cm³/mol. The van der Waals surface area contributed by atoms with Crippen LogP contribution in [0.3, 0.4) is 0 Å². The first kappa shape index (κ1) is 12.0. The summed E-state index contributed by atoms with van der Waals surface area (Å²) < 4.78 is 13.6. The highest BCUT2D eigenvalue weighted by Gasteiger charge is 2.09. The van der Waals surface area contributed by atoms with Gasteiger partial charge in [-0.25, -0.2) is 9.37 Å². The van der Waals surface area contributed by atoms with Crippen molar-refractivity contribution in [3.05, 3.63) is 46.3 Å². The van der Waals surface area contributed by atoms with Crippen LogP contribution >= 0.6 is 23.2 Å². The van der Waals surface area contributed by atoms with E-state index in [-0.39, 0.29) is 10.7 Å². The summed E-state index contributed by atoms with van der Waals surface area (Å²) in [6.45, 7) is 0. The van der Waals surface area contributed by atoms with Crippen LogP contribution in [0.15, 0.2) is 30.5 Å². The number of nitrogens with two attached hydrogens (primary N) is 1. The maximum atomic E-state index is 13.6. The van der Waals surface area contributed by atoms with Gasteiger partial charge in [-0.1, -0.05) is 29.3 Å². The van der Waals surface area contributed by atoms with Gasteiger partial charge in [0.15, 0.2) is 5.82 Å². The second-order valence-corrected chi connectivity index (χ2v) is 4.14. The minimum absolute atomic E-state index is 0.0292. The summed E-state index contributed by atoms with van der Waals surface area (Å²) in [6, 6.07) is 6.15. The second-order valence-electron chi connectivity index (χ2n) is 3.33. The molecule has 0 bridgehead atoms. The molecule has 0 amide bonds. The smallest absolute Gasteiger partial charge is 0.165 e. The summed E-state index contributed by atoms with van der Waals surface area (Å²) in [6.07, 6.45) is 1.43. The zero-order valence-electron chi connectivity index (χ0n) is 8.55. The van der Waals surface area contributed by atoms with E-state index in [1.807, 2.05) is 0 Å². The fourth-order valence-corrected chi connectivity index (χ4v) is 1.67. The summed E-state index contributed by atoms with van der Waals surface area (Å²) in [5.74, 6) is -0.231. The molecule has 1 heterocycles. The van der Waals surface area contributed by atoms with Gasteiger partial charge in [0.2, 0.25) is 0 Å². The lowest BCUT2D eigenvalue weighted by Crippen LogP contribution is -1.98. The Morgan fingerprint density at radius 2 is 2.00 bits per heavy atom. The number of hydrogen-bond acceptors (Lipinski definition) is 3. The molecule has 0 atom stereocenters. The van der Waals surface area contributed by atoms with E-state index in [4.69, 9.17) is 28.9 Å². The van der Waals surface area contributed by atoms with E-state index in [2.05, 4.69) is 10.3 Å². The Morgan fingerprint density at radius 1 is 1.24 bits per heavy atom. The molecular weight excluding hydrogens is 264 g/mol. The van der Waals surface area contributed by atoms with E-state index >= 15 is 0 Å². The van der Waals surface area contributed by atoms with Crippen LogP contribution in [0.1, 0.15) is 0 Å². The van der Waals surface area contributed by atoms with Crippen LogP contribution in [0.4, 0.5) is 21.6 Å². The number of halogens is 3. The lowest BCUT2D eigenvalue weighted by Gasteiger charge is -2.09. The van der Waals surface area contributed by atoms with Crippen molar-refractivity contribution < 1.29 is 4.39 Å². The molecule has 1 aromatic heterocycles. The van der Waals surface area contributed by atoms with Gasteiger partial charge in [-0.05, 0) is 18.2 Å². The number of benzene rings is 1. The van der Waals surface area contributed by atoms with E-state index in [0.717, 1.165) is 0 Å². The zero-order chi connectivity index (χ0) is 12.4. The van der Waals surface area contributed by atoms with Crippen molar-refractivity contribution in [3.8, 4) is 0 Å². The topological polar surface area (TPSA) is 50.9 Å². The maximum Gasteiger partial charge on any atom is 0.165 e. The van der Waals surface area contributed by atoms with E-state index < -0.39 is 5.82 Å². The van der Waals surface area contributed by atoms with E-state index in [0.29, 0.717) is 16.5 Å². The third kappa shape index (κ3) is 2.60. The SMILES string of the molecule is Nc1cnc(Nc2cccc(Cl)c2F)c(Cl)c1. The summed E-state index contributed by atoms with van der Waals surface area (Å²) in [5, 5.41) is 3.09. The first-order chi connectivity index (χ1) is 8.08. The van der Waals surface area contributed by atoms with Gasteiger partial charge in [-0.15, -0.1) is 0 Å². The molecule has 88 valence electrons. The molecular formula is C11H8Cl2FN3. The molecule has 0 spiro atoms. The first-order valence-corrected chi connectivity index (χ1v) is 5.45. The fraction of sp³-hybridized carbons (Fsp3) is 0. The molecule has 3 N–H and O–H groups in total. The number of hydrogen-bond donors (Lipinski definition) is 2. The molecule has 17 heavy (non-hydrogen) atoms. The Hall–Kier alpha value is -1.52. The van der Waals surface area contributed by atoms with Crippen LogP contribution in [-0.2, 0) is 0 Å². The summed E-state index contributed by atoms with van der Waals surface area (Å²) in [4.78, 5) is 3.97. The average Bonchev–Trinajstić information content (AvgIpc) is 2.28. The Labute approximate surface area is 107 Å². The molecule has 0 fully saturated rings. The van der Waals surface area contributed by atoms with Crippen molar-refractivity contribution in [1.82, 2.24) is 4.98 Å². The molecule has 0 unspecified atom stereocenters. The van der Waals surface area contributed by atoms with Gasteiger partial charge in [0.05, 0.1) is 27.6 Å². The molecule has 2 aromatic rings. The molecule has 3 nitrogen and oxygen atoms in total. The molecule has 0 radical (unpaired) electrons. The number of nitrogen functional groups attached to an aromatic ring is 1. The highest BCUT2D eigenvalue weighted by Crippen LogP contribution is 2.28. The van der Waals surface area contributed by atoms with Crippen LogP contribution in [-0.4, -0.2) is 4.98 Å². The van der Waals surface area contributed by atoms with Crippen LogP contribution in [0.2, 0.25) is 10.0 Å². The Morgan fingerprint density at radius 3 is 2.71 bits per heavy atom. The van der Waals surface area contributed by atoms with E-state index in [1.54, 1.807) is 6.07 Å². The number of nitrogens with zero attached hydrogens (tertiary/aromatic N) is 1. The summed E-state index contributed by atoms with van der Waals surface area (Å²) >= 11 is 11.6. The third-order valence-corrected chi connectivity index (χ3v) is 2.65. The highest BCUT2D eigenvalue weighted by molar-refractivity contribution is 6.33. The van der Waals surface area contributed by atoms with Crippen LogP contribution < -0.4 is 11.1 Å². The predicted octanol–water partition coefficient (Wildman–Crippen LogP) is 3.85. The van der Waals surface area contributed by atoms with Crippen molar-refractivity contribution in [2.75, 3.05) is 11.1 Å². The second kappa shape index (κ2) is 4.77. The monoisotopic (exact) mass is 271 g/mol. The average molecular weight is 272 g/mol. The van der Waals surface area contributed by atoms with E-state index in [1.165, 1.54) is 24.4 Å². The van der Waals surface area contributed by atoms with Crippen LogP contribution in [0.5, 0.6) is 0 Å². The normalized spacial score (nSPS) is 10.3.